The number of aromatic nitrogens is 2. The summed E-state index contributed by atoms with van der Waals surface area (Å²) in [5.74, 6) is 0. The van der Waals surface area contributed by atoms with Crippen LogP contribution < -0.4 is 11.5 Å². The lowest BCUT2D eigenvalue weighted by atomic mass is 10.1. The Kier molecular flexibility index (Phi) is 2.72. The number of anilines is 1. The first kappa shape index (κ1) is 12.4. The Morgan fingerprint density at radius 2 is 2.10 bits per heavy atom. The lowest BCUT2D eigenvalue weighted by molar-refractivity contribution is 0.683. The van der Waals surface area contributed by atoms with Crippen LogP contribution in [-0.4, -0.2) is 15.6 Å². The van der Waals surface area contributed by atoms with Gasteiger partial charge >= 0.3 is 0 Å². The Hall–Kier alpha value is -2.33. The van der Waals surface area contributed by atoms with Gasteiger partial charge in [0, 0.05) is 40.9 Å². The van der Waals surface area contributed by atoms with Crippen molar-refractivity contribution >= 4 is 16.6 Å². The van der Waals surface area contributed by atoms with Gasteiger partial charge in [0.1, 0.15) is 0 Å². The molecule has 2 heterocycles. The highest BCUT2D eigenvalue weighted by Gasteiger charge is 2.26. The maximum absolute atomic E-state index is 6.16. The molecule has 2 aromatic heterocycles. The normalized spacial score (nSPS) is 17.3. The molecule has 21 heavy (non-hydrogen) atoms. The van der Waals surface area contributed by atoms with Crippen molar-refractivity contribution in [2.45, 2.75) is 25.4 Å². The van der Waals surface area contributed by atoms with Crippen molar-refractivity contribution < 1.29 is 0 Å². The molecule has 1 atom stereocenters. The van der Waals surface area contributed by atoms with E-state index >= 15 is 0 Å². The van der Waals surface area contributed by atoms with Gasteiger partial charge < -0.3 is 16.0 Å². The van der Waals surface area contributed by atoms with E-state index in [1.807, 2.05) is 24.4 Å². The number of benzene rings is 1. The molecule has 0 saturated heterocycles. The lowest BCUT2D eigenvalue weighted by Gasteiger charge is -2.10. The summed E-state index contributed by atoms with van der Waals surface area (Å²) < 4.78 is 2.35. The Morgan fingerprint density at radius 1 is 1.19 bits per heavy atom. The second-order valence-corrected chi connectivity index (χ2v) is 5.78. The van der Waals surface area contributed by atoms with E-state index in [1.54, 1.807) is 0 Å². The number of rotatable bonds is 2. The van der Waals surface area contributed by atoms with Gasteiger partial charge in [0.05, 0.1) is 12.2 Å². The second-order valence-electron chi connectivity index (χ2n) is 5.78. The average Bonchev–Trinajstić information content (AvgIpc) is 2.98. The first-order chi connectivity index (χ1) is 10.2. The number of nitrogens with two attached hydrogens (primary N) is 2. The Balaban J connectivity index is 1.90. The first-order valence-electron chi connectivity index (χ1n) is 7.27. The van der Waals surface area contributed by atoms with Crippen molar-refractivity contribution in [2.24, 2.45) is 5.73 Å². The molecule has 0 radical (unpaired) electrons. The molecule has 1 unspecified atom stereocenters. The van der Waals surface area contributed by atoms with Gasteiger partial charge in [-0.25, -0.2) is 0 Å². The minimum absolute atomic E-state index is 0.218. The second kappa shape index (κ2) is 4.60. The van der Waals surface area contributed by atoms with Crippen molar-refractivity contribution in [3.05, 3.63) is 59.5 Å². The molecule has 4 rings (SSSR count). The Morgan fingerprint density at radius 3 is 2.90 bits per heavy atom. The fraction of sp³-hybridized carbons (Fsp3) is 0.235. The molecular formula is C17H18N4. The van der Waals surface area contributed by atoms with Gasteiger partial charge in [-0.2, -0.15) is 0 Å². The Labute approximate surface area is 123 Å². The van der Waals surface area contributed by atoms with Crippen LogP contribution in [0.3, 0.4) is 0 Å². The van der Waals surface area contributed by atoms with E-state index in [0.29, 0.717) is 0 Å². The molecule has 0 amide bonds. The number of hydrogen-bond acceptors (Lipinski definition) is 3. The molecule has 1 aliphatic rings. The molecule has 1 aliphatic carbocycles. The van der Waals surface area contributed by atoms with Gasteiger partial charge in [-0.05, 0) is 42.3 Å². The third kappa shape index (κ3) is 1.99. The molecule has 4 heteroatoms. The van der Waals surface area contributed by atoms with E-state index in [1.165, 1.54) is 22.2 Å². The fourth-order valence-corrected chi connectivity index (χ4v) is 3.37. The lowest BCUT2D eigenvalue weighted by Crippen LogP contribution is -2.20. The number of fused-ring (bicyclic) bond motifs is 3. The quantitative estimate of drug-likeness (QED) is 0.705. The van der Waals surface area contributed by atoms with Crippen LogP contribution in [-0.2, 0) is 19.4 Å². The maximum atomic E-state index is 6.16. The first-order valence-corrected chi connectivity index (χ1v) is 7.27. The summed E-state index contributed by atoms with van der Waals surface area (Å²) in [5.41, 5.74) is 17.9. The minimum atomic E-state index is 0.218. The Bertz CT molecular complexity index is 805. The number of nitrogens with zero attached hydrogens (tertiary/aromatic N) is 2. The van der Waals surface area contributed by atoms with Crippen LogP contribution in [0.25, 0.3) is 10.9 Å². The van der Waals surface area contributed by atoms with Crippen LogP contribution in [0.15, 0.2) is 42.6 Å². The van der Waals surface area contributed by atoms with E-state index in [2.05, 4.69) is 27.8 Å². The van der Waals surface area contributed by atoms with Crippen molar-refractivity contribution in [3.63, 3.8) is 0 Å². The van der Waals surface area contributed by atoms with Gasteiger partial charge in [0.15, 0.2) is 0 Å². The van der Waals surface area contributed by atoms with E-state index in [0.717, 1.165) is 30.8 Å². The third-order valence-electron chi connectivity index (χ3n) is 4.28. The molecular weight excluding hydrogens is 260 g/mol. The summed E-state index contributed by atoms with van der Waals surface area (Å²) >= 11 is 0. The van der Waals surface area contributed by atoms with Gasteiger partial charge in [-0.1, -0.05) is 6.07 Å². The molecule has 1 aromatic carbocycles. The highest BCUT2D eigenvalue weighted by Crippen LogP contribution is 2.34. The monoisotopic (exact) mass is 278 g/mol. The zero-order valence-corrected chi connectivity index (χ0v) is 11.8. The topological polar surface area (TPSA) is 69.9 Å². The smallest absolute Gasteiger partial charge is 0.0651 e. The van der Waals surface area contributed by atoms with Crippen molar-refractivity contribution in [3.8, 4) is 0 Å². The highest BCUT2D eigenvalue weighted by atomic mass is 15.0. The van der Waals surface area contributed by atoms with Crippen LogP contribution in [0.2, 0.25) is 0 Å². The van der Waals surface area contributed by atoms with Crippen molar-refractivity contribution in [2.75, 3.05) is 5.73 Å². The molecule has 0 spiro atoms. The van der Waals surface area contributed by atoms with E-state index in [4.69, 9.17) is 11.5 Å². The van der Waals surface area contributed by atoms with Crippen molar-refractivity contribution in [1.29, 1.82) is 0 Å². The molecule has 4 N–H and O–H groups in total. The minimum Gasteiger partial charge on any atom is -0.399 e. The third-order valence-corrected chi connectivity index (χ3v) is 4.28. The SMILES string of the molecule is Nc1ccc2c(c1)c1c(n2Cc2ccccn2)CC(N)C1. The van der Waals surface area contributed by atoms with Crippen LogP contribution >= 0.6 is 0 Å². The summed E-state index contributed by atoms with van der Waals surface area (Å²) in [5, 5.41) is 1.24. The molecule has 3 aromatic rings. The number of hydrogen-bond donors (Lipinski definition) is 2. The van der Waals surface area contributed by atoms with Gasteiger partial charge in [-0.15, -0.1) is 0 Å². The summed E-state index contributed by atoms with van der Waals surface area (Å²) in [7, 11) is 0. The van der Waals surface area contributed by atoms with Crippen LogP contribution in [0.1, 0.15) is 17.0 Å². The fourth-order valence-electron chi connectivity index (χ4n) is 3.37. The van der Waals surface area contributed by atoms with Crippen molar-refractivity contribution in [1.82, 2.24) is 9.55 Å². The largest absolute Gasteiger partial charge is 0.399 e. The summed E-state index contributed by atoms with van der Waals surface area (Å²) in [4.78, 5) is 4.45. The summed E-state index contributed by atoms with van der Waals surface area (Å²) in [6.45, 7) is 0.781. The molecule has 4 nitrogen and oxygen atoms in total. The number of pyridine rings is 1. The standard InChI is InChI=1S/C17H18N4/c18-11-4-5-16-14(7-11)15-8-12(19)9-17(15)21(16)10-13-3-1-2-6-20-13/h1-7,12H,8-10,18-19H2. The zero-order chi connectivity index (χ0) is 14.4. The van der Waals surface area contributed by atoms with E-state index in [-0.39, 0.29) is 6.04 Å². The summed E-state index contributed by atoms with van der Waals surface area (Å²) in [6.07, 6.45) is 3.70. The predicted molar refractivity (Wildman–Crippen MR) is 85.1 cm³/mol. The maximum Gasteiger partial charge on any atom is 0.0651 e. The van der Waals surface area contributed by atoms with Gasteiger partial charge in [0.25, 0.3) is 0 Å². The molecule has 0 aliphatic heterocycles. The molecule has 106 valence electrons. The number of nitrogen functional groups attached to an aromatic ring is 1. The zero-order valence-electron chi connectivity index (χ0n) is 11.8. The predicted octanol–water partition coefficient (Wildman–Crippen LogP) is 2.09. The van der Waals surface area contributed by atoms with Crippen LogP contribution in [0, 0.1) is 0 Å². The molecule has 0 fully saturated rings. The molecule has 0 saturated carbocycles. The highest BCUT2D eigenvalue weighted by molar-refractivity contribution is 5.89. The van der Waals surface area contributed by atoms with Gasteiger partial charge in [-0.3, -0.25) is 4.98 Å². The van der Waals surface area contributed by atoms with E-state index in [9.17, 15) is 0 Å². The van der Waals surface area contributed by atoms with Crippen LogP contribution in [0.4, 0.5) is 5.69 Å². The van der Waals surface area contributed by atoms with Gasteiger partial charge in [0.2, 0.25) is 0 Å². The van der Waals surface area contributed by atoms with E-state index < -0.39 is 0 Å². The van der Waals surface area contributed by atoms with Crippen LogP contribution in [0.5, 0.6) is 0 Å². The summed E-state index contributed by atoms with van der Waals surface area (Å²) in [6, 6.07) is 12.4. The average molecular weight is 278 g/mol. The molecule has 0 bridgehead atoms.